The van der Waals surface area contributed by atoms with Crippen molar-refractivity contribution in [3.63, 3.8) is 0 Å². The molecule has 0 aliphatic heterocycles. The number of fused-ring (bicyclic) bond motifs is 2. The largest absolute Gasteiger partial charge is 0.381 e. The summed E-state index contributed by atoms with van der Waals surface area (Å²) in [7, 11) is 0. The SMILES string of the molecule is c1ccc2c(CNc3ccc4nccnc4c3)csc2c1. The van der Waals surface area contributed by atoms with Crippen molar-refractivity contribution in [2.75, 3.05) is 5.32 Å². The van der Waals surface area contributed by atoms with Gasteiger partial charge in [0.25, 0.3) is 0 Å². The van der Waals surface area contributed by atoms with Gasteiger partial charge in [0.15, 0.2) is 0 Å². The van der Waals surface area contributed by atoms with Crippen molar-refractivity contribution in [1.82, 2.24) is 9.97 Å². The lowest BCUT2D eigenvalue weighted by Crippen LogP contribution is -1.98. The van der Waals surface area contributed by atoms with E-state index < -0.39 is 0 Å². The first-order chi connectivity index (χ1) is 10.4. The molecular formula is C17H13N3S. The van der Waals surface area contributed by atoms with Crippen molar-refractivity contribution in [3.8, 4) is 0 Å². The number of thiophene rings is 1. The van der Waals surface area contributed by atoms with Gasteiger partial charge in [-0.25, -0.2) is 0 Å². The number of nitrogens with one attached hydrogen (secondary N) is 1. The van der Waals surface area contributed by atoms with Crippen LogP contribution in [0.4, 0.5) is 5.69 Å². The minimum absolute atomic E-state index is 0.815. The molecule has 0 bridgehead atoms. The maximum atomic E-state index is 4.34. The second-order valence-corrected chi connectivity index (χ2v) is 5.78. The van der Waals surface area contributed by atoms with E-state index in [9.17, 15) is 0 Å². The summed E-state index contributed by atoms with van der Waals surface area (Å²) in [6.45, 7) is 0.815. The molecule has 3 nitrogen and oxygen atoms in total. The first kappa shape index (κ1) is 12.3. The third-order valence-corrected chi connectivity index (χ3v) is 4.53. The lowest BCUT2D eigenvalue weighted by Gasteiger charge is -2.06. The van der Waals surface area contributed by atoms with E-state index in [1.807, 2.05) is 18.2 Å². The van der Waals surface area contributed by atoms with E-state index in [0.29, 0.717) is 0 Å². The van der Waals surface area contributed by atoms with Crippen molar-refractivity contribution in [1.29, 1.82) is 0 Å². The number of aromatic nitrogens is 2. The smallest absolute Gasteiger partial charge is 0.0907 e. The van der Waals surface area contributed by atoms with Crippen LogP contribution in [0.15, 0.2) is 60.2 Å². The molecule has 0 saturated heterocycles. The van der Waals surface area contributed by atoms with Gasteiger partial charge in [-0.2, -0.15) is 0 Å². The van der Waals surface area contributed by atoms with E-state index in [4.69, 9.17) is 0 Å². The Labute approximate surface area is 126 Å². The zero-order valence-electron chi connectivity index (χ0n) is 11.3. The highest BCUT2D eigenvalue weighted by Gasteiger charge is 2.03. The third kappa shape index (κ3) is 2.34. The van der Waals surface area contributed by atoms with Crippen LogP contribution < -0.4 is 5.32 Å². The van der Waals surface area contributed by atoms with Crippen molar-refractivity contribution >= 4 is 38.1 Å². The Kier molecular flexibility index (Phi) is 3.01. The number of nitrogens with zero attached hydrogens (tertiary/aromatic N) is 2. The summed E-state index contributed by atoms with van der Waals surface area (Å²) in [5, 5.41) is 7.02. The molecular weight excluding hydrogens is 278 g/mol. The lowest BCUT2D eigenvalue weighted by molar-refractivity contribution is 1.18. The molecule has 0 fully saturated rings. The first-order valence-electron chi connectivity index (χ1n) is 6.80. The summed E-state index contributed by atoms with van der Waals surface area (Å²) in [4.78, 5) is 8.62. The fraction of sp³-hybridized carbons (Fsp3) is 0.0588. The molecule has 2 heterocycles. The second kappa shape index (κ2) is 5.14. The van der Waals surface area contributed by atoms with Gasteiger partial charge < -0.3 is 5.32 Å². The Morgan fingerprint density at radius 1 is 0.952 bits per heavy atom. The van der Waals surface area contributed by atoms with Gasteiger partial charge >= 0.3 is 0 Å². The number of anilines is 1. The minimum Gasteiger partial charge on any atom is -0.381 e. The molecule has 0 aliphatic rings. The maximum absolute atomic E-state index is 4.34. The Morgan fingerprint density at radius 2 is 1.81 bits per heavy atom. The van der Waals surface area contributed by atoms with Crippen molar-refractivity contribution in [2.24, 2.45) is 0 Å². The third-order valence-electron chi connectivity index (χ3n) is 3.51. The van der Waals surface area contributed by atoms with Crippen LogP contribution in [0.5, 0.6) is 0 Å². The molecule has 0 unspecified atom stereocenters. The van der Waals surface area contributed by atoms with E-state index in [2.05, 4.69) is 44.9 Å². The molecule has 2 aromatic heterocycles. The topological polar surface area (TPSA) is 37.8 Å². The lowest BCUT2D eigenvalue weighted by atomic mass is 10.2. The first-order valence-corrected chi connectivity index (χ1v) is 7.68. The molecule has 0 spiro atoms. The Morgan fingerprint density at radius 3 is 2.76 bits per heavy atom. The summed E-state index contributed by atoms with van der Waals surface area (Å²) < 4.78 is 1.33. The summed E-state index contributed by atoms with van der Waals surface area (Å²) in [5.74, 6) is 0. The molecule has 102 valence electrons. The molecule has 0 saturated carbocycles. The number of hydrogen-bond acceptors (Lipinski definition) is 4. The molecule has 0 aliphatic carbocycles. The molecule has 4 rings (SSSR count). The highest BCUT2D eigenvalue weighted by molar-refractivity contribution is 7.17. The molecule has 0 atom stereocenters. The fourth-order valence-electron chi connectivity index (χ4n) is 2.44. The second-order valence-electron chi connectivity index (χ2n) is 4.87. The van der Waals surface area contributed by atoms with Crippen LogP contribution in [0, 0.1) is 0 Å². The van der Waals surface area contributed by atoms with Crippen LogP contribution >= 0.6 is 11.3 Å². The standard InChI is InChI=1S/C17H13N3S/c1-2-4-17-14(3-1)12(11-21-17)10-20-13-5-6-15-16(9-13)19-8-7-18-15/h1-9,11,20H,10H2. The van der Waals surface area contributed by atoms with E-state index in [1.54, 1.807) is 23.7 Å². The van der Waals surface area contributed by atoms with Crippen LogP contribution in [0.3, 0.4) is 0 Å². The molecule has 2 aromatic carbocycles. The molecule has 1 N–H and O–H groups in total. The van der Waals surface area contributed by atoms with Crippen LogP contribution in [0.1, 0.15) is 5.56 Å². The minimum atomic E-state index is 0.815. The summed E-state index contributed by atoms with van der Waals surface area (Å²) in [6, 6.07) is 14.6. The predicted molar refractivity (Wildman–Crippen MR) is 88.7 cm³/mol. The highest BCUT2D eigenvalue weighted by Crippen LogP contribution is 2.26. The van der Waals surface area contributed by atoms with E-state index in [0.717, 1.165) is 23.3 Å². The van der Waals surface area contributed by atoms with Gasteiger partial charge in [-0.3, -0.25) is 9.97 Å². The van der Waals surface area contributed by atoms with Crippen molar-refractivity contribution in [3.05, 3.63) is 65.8 Å². The van der Waals surface area contributed by atoms with Crippen LogP contribution in [-0.2, 0) is 6.54 Å². The number of rotatable bonds is 3. The quantitative estimate of drug-likeness (QED) is 0.605. The van der Waals surface area contributed by atoms with Crippen molar-refractivity contribution in [2.45, 2.75) is 6.54 Å². The predicted octanol–water partition coefficient (Wildman–Crippen LogP) is 4.46. The average molecular weight is 291 g/mol. The van der Waals surface area contributed by atoms with Gasteiger partial charge in [0.05, 0.1) is 11.0 Å². The Hall–Kier alpha value is -2.46. The summed E-state index contributed by atoms with van der Waals surface area (Å²) in [6.07, 6.45) is 3.44. The normalized spacial score (nSPS) is 11.0. The van der Waals surface area contributed by atoms with Gasteiger partial charge in [-0.1, -0.05) is 18.2 Å². The van der Waals surface area contributed by atoms with Gasteiger partial charge in [0.2, 0.25) is 0 Å². The van der Waals surface area contributed by atoms with Crippen LogP contribution in [0.2, 0.25) is 0 Å². The molecule has 21 heavy (non-hydrogen) atoms. The van der Waals surface area contributed by atoms with Gasteiger partial charge in [-0.15, -0.1) is 11.3 Å². The van der Waals surface area contributed by atoms with E-state index in [-0.39, 0.29) is 0 Å². The number of hydrogen-bond donors (Lipinski definition) is 1. The Balaban J connectivity index is 1.60. The summed E-state index contributed by atoms with van der Waals surface area (Å²) >= 11 is 1.79. The monoisotopic (exact) mass is 291 g/mol. The van der Waals surface area contributed by atoms with Crippen LogP contribution in [0.25, 0.3) is 21.1 Å². The zero-order chi connectivity index (χ0) is 14.1. The average Bonchev–Trinajstić information content (AvgIpc) is 2.96. The fourth-order valence-corrected chi connectivity index (χ4v) is 3.40. The maximum Gasteiger partial charge on any atom is 0.0907 e. The molecule has 4 aromatic rings. The van der Waals surface area contributed by atoms with Gasteiger partial charge in [-0.05, 0) is 40.6 Å². The van der Waals surface area contributed by atoms with Gasteiger partial charge in [0, 0.05) is 29.3 Å². The zero-order valence-corrected chi connectivity index (χ0v) is 12.1. The molecule has 4 heteroatoms. The highest BCUT2D eigenvalue weighted by atomic mass is 32.1. The van der Waals surface area contributed by atoms with Crippen molar-refractivity contribution < 1.29 is 0 Å². The van der Waals surface area contributed by atoms with E-state index in [1.165, 1.54) is 15.6 Å². The summed E-state index contributed by atoms with van der Waals surface area (Å²) in [5.41, 5.74) is 4.23. The van der Waals surface area contributed by atoms with Crippen LogP contribution in [-0.4, -0.2) is 9.97 Å². The van der Waals surface area contributed by atoms with E-state index >= 15 is 0 Å². The Bertz CT molecular complexity index is 914. The molecule has 0 radical (unpaired) electrons. The molecule has 0 amide bonds. The van der Waals surface area contributed by atoms with Gasteiger partial charge in [0.1, 0.15) is 0 Å². The number of benzene rings is 2.